The molecule has 5 N–H and O–H groups in total. The Kier molecular flexibility index (Phi) is 8.38. The third kappa shape index (κ3) is 15.8. The molecular formula is C6H16N4O2. The largest absolute Gasteiger partial charge is 0.352 e. The van der Waals surface area contributed by atoms with Crippen molar-refractivity contribution in [1.82, 2.24) is 10.2 Å². The van der Waals surface area contributed by atoms with E-state index in [1.165, 1.54) is 4.90 Å². The molecule has 0 saturated heterocycles. The quantitative estimate of drug-likeness (QED) is 0.492. The van der Waals surface area contributed by atoms with Crippen LogP contribution in [-0.4, -0.2) is 37.6 Å². The molecule has 0 aliphatic heterocycles. The summed E-state index contributed by atoms with van der Waals surface area (Å²) in [4.78, 5) is 21.1. The van der Waals surface area contributed by atoms with E-state index >= 15 is 0 Å². The number of nitrogens with two attached hydrogens (primary N) is 2. The van der Waals surface area contributed by atoms with Gasteiger partial charge in [-0.3, -0.25) is 0 Å². The molecule has 0 saturated carbocycles. The molecule has 6 heteroatoms. The van der Waals surface area contributed by atoms with Crippen molar-refractivity contribution >= 4 is 12.1 Å². The lowest BCUT2D eigenvalue weighted by Gasteiger charge is -2.09. The Bertz CT molecular complexity index is 142. The summed E-state index contributed by atoms with van der Waals surface area (Å²) < 4.78 is 0. The van der Waals surface area contributed by atoms with Gasteiger partial charge in [-0.2, -0.15) is 0 Å². The Morgan fingerprint density at radius 2 is 1.67 bits per heavy atom. The van der Waals surface area contributed by atoms with Crippen molar-refractivity contribution in [1.29, 1.82) is 0 Å². The van der Waals surface area contributed by atoms with Gasteiger partial charge in [0.15, 0.2) is 0 Å². The molecule has 72 valence electrons. The number of carbonyl (C=O) groups is 2. The molecule has 0 atom stereocenters. The summed E-state index contributed by atoms with van der Waals surface area (Å²) in [6, 6.07) is -0.868. The molecule has 0 bridgehead atoms. The van der Waals surface area contributed by atoms with Gasteiger partial charge >= 0.3 is 12.1 Å². The summed E-state index contributed by atoms with van der Waals surface area (Å²) in [6.45, 7) is 2.58. The van der Waals surface area contributed by atoms with E-state index in [0.717, 1.165) is 0 Å². The van der Waals surface area contributed by atoms with Crippen LogP contribution in [0.3, 0.4) is 0 Å². The standard InChI is InChI=1S/C5H12N2O.CH4N2O/c1-4-6-5(8)7(2)3;2-1(3)4/h4H2,1-3H3,(H,6,8);(H4,2,3,4). The van der Waals surface area contributed by atoms with Gasteiger partial charge in [0.05, 0.1) is 0 Å². The van der Waals surface area contributed by atoms with Crippen LogP contribution >= 0.6 is 0 Å². The van der Waals surface area contributed by atoms with E-state index in [2.05, 4.69) is 16.8 Å². The first-order valence-electron chi connectivity index (χ1n) is 3.41. The van der Waals surface area contributed by atoms with Crippen molar-refractivity contribution in [2.45, 2.75) is 6.92 Å². The number of amides is 4. The molecule has 0 radical (unpaired) electrons. The lowest BCUT2D eigenvalue weighted by Crippen LogP contribution is -2.34. The maximum atomic E-state index is 10.6. The summed E-state index contributed by atoms with van der Waals surface area (Å²) in [7, 11) is 3.43. The minimum atomic E-state index is -0.833. The molecule has 12 heavy (non-hydrogen) atoms. The molecule has 0 fully saturated rings. The van der Waals surface area contributed by atoms with Crippen molar-refractivity contribution in [3.05, 3.63) is 0 Å². The highest BCUT2D eigenvalue weighted by Crippen LogP contribution is 1.73. The number of primary amides is 2. The second kappa shape index (κ2) is 7.64. The maximum absolute atomic E-state index is 10.6. The first-order chi connectivity index (χ1) is 5.41. The molecule has 0 spiro atoms. The fraction of sp³-hybridized carbons (Fsp3) is 0.667. The van der Waals surface area contributed by atoms with E-state index in [4.69, 9.17) is 4.79 Å². The first kappa shape index (κ1) is 13.2. The highest BCUT2D eigenvalue weighted by Gasteiger charge is 1.96. The van der Waals surface area contributed by atoms with Crippen molar-refractivity contribution < 1.29 is 9.59 Å². The Morgan fingerprint density at radius 1 is 1.33 bits per heavy atom. The highest BCUT2D eigenvalue weighted by molar-refractivity contribution is 5.73. The van der Waals surface area contributed by atoms with Gasteiger partial charge in [-0.25, -0.2) is 9.59 Å². The number of hydrogen-bond acceptors (Lipinski definition) is 2. The summed E-state index contributed by atoms with van der Waals surface area (Å²) in [5.74, 6) is 0. The number of rotatable bonds is 1. The van der Waals surface area contributed by atoms with Gasteiger partial charge in [0.1, 0.15) is 0 Å². The fourth-order valence-electron chi connectivity index (χ4n) is 0.309. The fourth-order valence-corrected chi connectivity index (χ4v) is 0.309. The molecule has 0 aliphatic rings. The molecule has 0 aliphatic carbocycles. The smallest absolute Gasteiger partial charge is 0.316 e. The molecule has 4 amide bonds. The molecule has 0 unspecified atom stereocenters. The van der Waals surface area contributed by atoms with Gasteiger partial charge in [0.25, 0.3) is 0 Å². The third-order valence-electron chi connectivity index (χ3n) is 0.734. The second-order valence-corrected chi connectivity index (χ2v) is 2.13. The van der Waals surface area contributed by atoms with E-state index in [1.54, 1.807) is 14.1 Å². The van der Waals surface area contributed by atoms with Crippen LogP contribution in [-0.2, 0) is 0 Å². The van der Waals surface area contributed by atoms with Gasteiger partial charge in [0, 0.05) is 20.6 Å². The zero-order valence-electron chi connectivity index (χ0n) is 7.63. The van der Waals surface area contributed by atoms with Crippen LogP contribution in [0.5, 0.6) is 0 Å². The summed E-state index contributed by atoms with van der Waals surface area (Å²) in [6.07, 6.45) is 0. The lowest BCUT2D eigenvalue weighted by atomic mass is 10.7. The summed E-state index contributed by atoms with van der Waals surface area (Å²) in [5.41, 5.74) is 8.50. The van der Waals surface area contributed by atoms with Crippen LogP contribution in [0.15, 0.2) is 0 Å². The summed E-state index contributed by atoms with van der Waals surface area (Å²) in [5, 5.41) is 2.63. The monoisotopic (exact) mass is 176 g/mol. The van der Waals surface area contributed by atoms with Crippen LogP contribution in [0.4, 0.5) is 9.59 Å². The predicted molar refractivity (Wildman–Crippen MR) is 46.5 cm³/mol. The maximum Gasteiger partial charge on any atom is 0.316 e. The minimum Gasteiger partial charge on any atom is -0.352 e. The van der Waals surface area contributed by atoms with E-state index in [1.807, 2.05) is 6.92 Å². The van der Waals surface area contributed by atoms with E-state index < -0.39 is 6.03 Å². The Balaban J connectivity index is 0. The summed E-state index contributed by atoms with van der Waals surface area (Å²) >= 11 is 0. The molecule has 0 aromatic rings. The minimum absolute atomic E-state index is 0.0347. The Labute approximate surface area is 71.9 Å². The van der Waals surface area contributed by atoms with Gasteiger partial charge in [-0.05, 0) is 6.92 Å². The van der Waals surface area contributed by atoms with Gasteiger partial charge in [0.2, 0.25) is 0 Å². The van der Waals surface area contributed by atoms with Crippen LogP contribution in [0.2, 0.25) is 0 Å². The van der Waals surface area contributed by atoms with Gasteiger partial charge in [-0.1, -0.05) is 0 Å². The normalized spacial score (nSPS) is 7.58. The molecule has 0 heterocycles. The third-order valence-corrected chi connectivity index (χ3v) is 0.734. The molecular weight excluding hydrogens is 160 g/mol. The number of nitrogens with zero attached hydrogens (tertiary/aromatic N) is 1. The molecule has 0 aromatic heterocycles. The highest BCUT2D eigenvalue weighted by atomic mass is 16.2. The van der Waals surface area contributed by atoms with E-state index in [9.17, 15) is 4.79 Å². The number of nitrogens with one attached hydrogen (secondary N) is 1. The van der Waals surface area contributed by atoms with Crippen LogP contribution in [0.1, 0.15) is 6.92 Å². The Morgan fingerprint density at radius 3 is 1.75 bits per heavy atom. The van der Waals surface area contributed by atoms with Crippen LogP contribution in [0, 0.1) is 0 Å². The SMILES string of the molecule is CCNC(=O)N(C)C.NC(N)=O. The predicted octanol–water partition coefficient (Wildman–Crippen LogP) is -0.699. The molecule has 6 nitrogen and oxygen atoms in total. The number of urea groups is 2. The van der Waals surface area contributed by atoms with Crippen molar-refractivity contribution in [2.24, 2.45) is 11.5 Å². The van der Waals surface area contributed by atoms with Gasteiger partial charge < -0.3 is 21.7 Å². The molecule has 0 aromatic carbocycles. The Hall–Kier alpha value is -1.46. The number of hydrogen-bond donors (Lipinski definition) is 3. The zero-order valence-corrected chi connectivity index (χ0v) is 7.63. The van der Waals surface area contributed by atoms with Crippen molar-refractivity contribution in [3.8, 4) is 0 Å². The zero-order chi connectivity index (χ0) is 10.1. The van der Waals surface area contributed by atoms with Crippen molar-refractivity contribution in [2.75, 3.05) is 20.6 Å². The van der Waals surface area contributed by atoms with E-state index in [0.29, 0.717) is 6.54 Å². The average molecular weight is 176 g/mol. The van der Waals surface area contributed by atoms with Crippen molar-refractivity contribution in [3.63, 3.8) is 0 Å². The molecule has 0 rings (SSSR count). The topological polar surface area (TPSA) is 101 Å². The van der Waals surface area contributed by atoms with Gasteiger partial charge in [-0.15, -0.1) is 0 Å². The van der Waals surface area contributed by atoms with E-state index in [-0.39, 0.29) is 6.03 Å². The lowest BCUT2D eigenvalue weighted by molar-refractivity contribution is 0.218. The average Bonchev–Trinajstić information content (AvgIpc) is 1.86. The van der Waals surface area contributed by atoms with Crippen LogP contribution < -0.4 is 16.8 Å². The van der Waals surface area contributed by atoms with Crippen LogP contribution in [0.25, 0.3) is 0 Å². The number of carbonyl (C=O) groups excluding carboxylic acids is 2. The second-order valence-electron chi connectivity index (χ2n) is 2.13. The first-order valence-corrected chi connectivity index (χ1v) is 3.41.